The topological polar surface area (TPSA) is 40.5 Å². The number of aliphatic carboxylic acids is 1. The molecular formula is C4H8BrNO2. The second-order valence-electron chi connectivity index (χ2n) is 1.33. The highest BCUT2D eigenvalue weighted by atomic mass is 79.9. The van der Waals surface area contributed by atoms with E-state index in [0.29, 0.717) is 6.54 Å². The van der Waals surface area contributed by atoms with Gasteiger partial charge in [0, 0.05) is 22.7 Å². The molecule has 0 aliphatic rings. The van der Waals surface area contributed by atoms with E-state index in [1.807, 2.05) is 6.92 Å². The Morgan fingerprint density at radius 1 is 1.88 bits per heavy atom. The van der Waals surface area contributed by atoms with Gasteiger partial charge in [-0.2, -0.15) is 0 Å². The Morgan fingerprint density at radius 3 is 2.50 bits per heavy atom. The van der Waals surface area contributed by atoms with Crippen molar-refractivity contribution in [2.45, 2.75) is 6.92 Å². The molecule has 3 nitrogen and oxygen atoms in total. The standard InChI is InChI=1S/C4H8BrNO2/c1-2-6(5)3-4(7)8/h2-3H2,1H3,(H,7,8). The second-order valence-corrected chi connectivity index (χ2v) is 2.33. The minimum Gasteiger partial charge on any atom is -0.480 e. The van der Waals surface area contributed by atoms with Crippen LogP contribution < -0.4 is 0 Å². The van der Waals surface area contributed by atoms with Crippen molar-refractivity contribution >= 4 is 22.1 Å². The van der Waals surface area contributed by atoms with Gasteiger partial charge in [-0.1, -0.05) is 6.92 Å². The van der Waals surface area contributed by atoms with Crippen LogP contribution in [0.2, 0.25) is 0 Å². The van der Waals surface area contributed by atoms with E-state index in [1.165, 1.54) is 3.93 Å². The van der Waals surface area contributed by atoms with Gasteiger partial charge in [0.15, 0.2) is 0 Å². The zero-order valence-electron chi connectivity index (χ0n) is 4.59. The fraction of sp³-hybridized carbons (Fsp3) is 0.750. The summed E-state index contributed by atoms with van der Waals surface area (Å²) in [6, 6.07) is 0. The lowest BCUT2D eigenvalue weighted by Gasteiger charge is -2.04. The molecule has 0 bridgehead atoms. The summed E-state index contributed by atoms with van der Waals surface area (Å²) in [7, 11) is 0. The summed E-state index contributed by atoms with van der Waals surface area (Å²) < 4.78 is 1.54. The summed E-state index contributed by atoms with van der Waals surface area (Å²) in [4.78, 5) is 9.90. The monoisotopic (exact) mass is 181 g/mol. The number of rotatable bonds is 3. The normalized spacial score (nSPS) is 9.88. The van der Waals surface area contributed by atoms with Crippen LogP contribution in [-0.4, -0.2) is 28.1 Å². The maximum absolute atomic E-state index is 9.90. The molecule has 0 heterocycles. The summed E-state index contributed by atoms with van der Waals surface area (Å²) in [6.07, 6.45) is 0. The molecule has 0 aliphatic heterocycles. The van der Waals surface area contributed by atoms with Crippen LogP contribution in [0.5, 0.6) is 0 Å². The van der Waals surface area contributed by atoms with Crippen molar-refractivity contribution < 1.29 is 9.90 Å². The van der Waals surface area contributed by atoms with E-state index in [9.17, 15) is 4.79 Å². The van der Waals surface area contributed by atoms with Crippen LogP contribution in [0.15, 0.2) is 0 Å². The van der Waals surface area contributed by atoms with Gasteiger partial charge in [0.1, 0.15) is 6.54 Å². The Kier molecular flexibility index (Phi) is 3.81. The van der Waals surface area contributed by atoms with Gasteiger partial charge in [0.25, 0.3) is 0 Å². The first-order valence-corrected chi connectivity index (χ1v) is 3.00. The van der Waals surface area contributed by atoms with Crippen LogP contribution in [-0.2, 0) is 4.79 Å². The Labute approximate surface area is 56.6 Å². The van der Waals surface area contributed by atoms with Crippen molar-refractivity contribution in [3.05, 3.63) is 0 Å². The molecule has 0 aromatic rings. The summed E-state index contributed by atoms with van der Waals surface area (Å²) in [5, 5.41) is 8.14. The molecule has 0 radical (unpaired) electrons. The molecule has 4 heteroatoms. The van der Waals surface area contributed by atoms with Crippen molar-refractivity contribution in [3.8, 4) is 0 Å². The molecule has 0 fully saturated rings. The third kappa shape index (κ3) is 4.08. The third-order valence-electron chi connectivity index (χ3n) is 0.650. The molecule has 0 aromatic heterocycles. The quantitative estimate of drug-likeness (QED) is 0.653. The highest BCUT2D eigenvalue weighted by Gasteiger charge is 2.00. The molecule has 48 valence electrons. The molecule has 0 amide bonds. The maximum Gasteiger partial charge on any atom is 0.318 e. The highest BCUT2D eigenvalue weighted by molar-refractivity contribution is 9.07. The first-order valence-electron chi connectivity index (χ1n) is 2.29. The van der Waals surface area contributed by atoms with E-state index < -0.39 is 5.97 Å². The minimum absolute atomic E-state index is 0.0521. The van der Waals surface area contributed by atoms with E-state index in [4.69, 9.17) is 5.11 Å². The number of halogens is 1. The molecule has 0 aliphatic carbocycles. The van der Waals surface area contributed by atoms with Crippen molar-refractivity contribution in [2.24, 2.45) is 0 Å². The number of hydrogen-bond acceptors (Lipinski definition) is 2. The summed E-state index contributed by atoms with van der Waals surface area (Å²) in [5.74, 6) is -0.816. The fourth-order valence-electron chi connectivity index (χ4n) is 0.259. The molecule has 8 heavy (non-hydrogen) atoms. The van der Waals surface area contributed by atoms with Gasteiger partial charge in [-0.15, -0.1) is 0 Å². The van der Waals surface area contributed by atoms with Gasteiger partial charge in [0.2, 0.25) is 0 Å². The SMILES string of the molecule is CCN(Br)CC(=O)O. The third-order valence-corrected chi connectivity index (χ3v) is 1.40. The fourth-order valence-corrected chi connectivity index (χ4v) is 0.473. The van der Waals surface area contributed by atoms with Crippen molar-refractivity contribution in [1.29, 1.82) is 0 Å². The average molecular weight is 182 g/mol. The molecule has 0 rings (SSSR count). The van der Waals surface area contributed by atoms with Crippen molar-refractivity contribution in [2.75, 3.05) is 13.1 Å². The van der Waals surface area contributed by atoms with Crippen LogP contribution in [0.4, 0.5) is 0 Å². The lowest BCUT2D eigenvalue weighted by molar-refractivity contribution is -0.136. The predicted molar refractivity (Wildman–Crippen MR) is 33.8 cm³/mol. The smallest absolute Gasteiger partial charge is 0.318 e. The van der Waals surface area contributed by atoms with E-state index in [0.717, 1.165) is 0 Å². The Balaban J connectivity index is 3.24. The highest BCUT2D eigenvalue weighted by Crippen LogP contribution is 1.93. The van der Waals surface area contributed by atoms with E-state index >= 15 is 0 Å². The summed E-state index contributed by atoms with van der Waals surface area (Å²) >= 11 is 3.03. The molecule has 0 atom stereocenters. The molecular weight excluding hydrogens is 174 g/mol. The van der Waals surface area contributed by atoms with Crippen LogP contribution in [0, 0.1) is 0 Å². The number of likely N-dealkylation sites (N-methyl/N-ethyl adjacent to an activating group) is 1. The summed E-state index contributed by atoms with van der Waals surface area (Å²) in [5.41, 5.74) is 0. The number of carboxylic acids is 1. The lowest BCUT2D eigenvalue weighted by atomic mass is 10.6. The van der Waals surface area contributed by atoms with Gasteiger partial charge < -0.3 is 5.11 Å². The Morgan fingerprint density at radius 2 is 2.38 bits per heavy atom. The van der Waals surface area contributed by atoms with Crippen LogP contribution >= 0.6 is 16.1 Å². The maximum atomic E-state index is 9.90. The van der Waals surface area contributed by atoms with Crippen molar-refractivity contribution in [1.82, 2.24) is 3.93 Å². The number of hydrogen-bond donors (Lipinski definition) is 1. The lowest BCUT2D eigenvalue weighted by Crippen LogP contribution is -2.19. The van der Waals surface area contributed by atoms with E-state index in [-0.39, 0.29) is 6.54 Å². The number of carboxylic acid groups (broad SMARTS) is 1. The van der Waals surface area contributed by atoms with Crippen LogP contribution in [0.25, 0.3) is 0 Å². The first-order chi connectivity index (χ1) is 3.66. The molecule has 0 spiro atoms. The second kappa shape index (κ2) is 3.86. The molecule has 0 saturated carbocycles. The zero-order valence-corrected chi connectivity index (χ0v) is 6.18. The Hall–Kier alpha value is -0.0900. The molecule has 1 N–H and O–H groups in total. The van der Waals surface area contributed by atoms with Gasteiger partial charge in [-0.05, 0) is 0 Å². The van der Waals surface area contributed by atoms with Crippen molar-refractivity contribution in [3.63, 3.8) is 0 Å². The zero-order chi connectivity index (χ0) is 6.57. The number of nitrogens with zero attached hydrogens (tertiary/aromatic N) is 1. The first kappa shape index (κ1) is 7.91. The van der Waals surface area contributed by atoms with E-state index in [2.05, 4.69) is 16.1 Å². The minimum atomic E-state index is -0.816. The number of carbonyl (C=O) groups is 1. The average Bonchev–Trinajstić information content (AvgIpc) is 1.65. The molecule has 0 unspecified atom stereocenters. The molecule has 0 aromatic carbocycles. The largest absolute Gasteiger partial charge is 0.480 e. The Bertz CT molecular complexity index is 86.1. The molecule has 0 saturated heterocycles. The van der Waals surface area contributed by atoms with Crippen LogP contribution in [0.3, 0.4) is 0 Å². The summed E-state index contributed by atoms with van der Waals surface area (Å²) in [6.45, 7) is 2.63. The van der Waals surface area contributed by atoms with Crippen LogP contribution in [0.1, 0.15) is 6.92 Å². The van der Waals surface area contributed by atoms with Gasteiger partial charge in [0.05, 0.1) is 0 Å². The van der Waals surface area contributed by atoms with Gasteiger partial charge >= 0.3 is 5.97 Å². The van der Waals surface area contributed by atoms with E-state index in [1.54, 1.807) is 0 Å². The van der Waals surface area contributed by atoms with Gasteiger partial charge in [-0.3, -0.25) is 4.79 Å². The van der Waals surface area contributed by atoms with Gasteiger partial charge in [-0.25, -0.2) is 3.93 Å². The predicted octanol–water partition coefficient (Wildman–Crippen LogP) is 0.703.